The summed E-state index contributed by atoms with van der Waals surface area (Å²) in [6.07, 6.45) is 4.82. The van der Waals surface area contributed by atoms with Crippen LogP contribution in [0.5, 0.6) is 23.0 Å². The number of rotatable bonds is 4. The van der Waals surface area contributed by atoms with Gasteiger partial charge in [0.15, 0.2) is 23.0 Å². The van der Waals surface area contributed by atoms with E-state index in [1.807, 2.05) is 0 Å². The van der Waals surface area contributed by atoms with E-state index in [0.29, 0.717) is 23.0 Å². The topological polar surface area (TPSA) is 117 Å². The van der Waals surface area contributed by atoms with Crippen LogP contribution < -0.4 is 29.2 Å². The Balaban J connectivity index is 0.000000196. The summed E-state index contributed by atoms with van der Waals surface area (Å²) < 4.78 is 20.5. The van der Waals surface area contributed by atoms with E-state index < -0.39 is 11.9 Å². The van der Waals surface area contributed by atoms with Crippen LogP contribution in [0.1, 0.15) is 11.1 Å². The van der Waals surface area contributed by atoms with Gasteiger partial charge in [-0.1, -0.05) is 24.3 Å². The second kappa shape index (κ2) is 12.5. The first-order valence-electron chi connectivity index (χ1n) is 9.09. The molecule has 0 fully saturated rings. The molecule has 0 aromatic heterocycles. The number of aliphatic carboxylic acids is 2. The van der Waals surface area contributed by atoms with Crippen molar-refractivity contribution in [3.63, 3.8) is 0 Å². The van der Waals surface area contributed by atoms with Crippen LogP contribution >= 0.6 is 0 Å². The van der Waals surface area contributed by atoms with Crippen molar-refractivity contribution >= 4 is 45.2 Å². The molecule has 8 nitrogen and oxygen atoms in total. The van der Waals surface area contributed by atoms with Gasteiger partial charge in [0.1, 0.15) is 0 Å². The van der Waals surface area contributed by atoms with Gasteiger partial charge in [0, 0.05) is 0 Å². The van der Waals surface area contributed by atoms with Gasteiger partial charge in [-0.3, -0.25) is 0 Å². The summed E-state index contributed by atoms with van der Waals surface area (Å²) in [6, 6.07) is 10.4. The van der Waals surface area contributed by atoms with Crippen LogP contribution in [0.15, 0.2) is 48.6 Å². The van der Waals surface area contributed by atoms with E-state index in [9.17, 15) is 19.8 Å². The average molecular weight is 531 g/mol. The normalized spacial score (nSPS) is 12.5. The Labute approximate surface area is 189 Å². The van der Waals surface area contributed by atoms with Gasteiger partial charge in [-0.25, -0.2) is 0 Å². The number of carbonyl (C=O) groups excluding carboxylic acids is 2. The molecule has 0 saturated heterocycles. The van der Waals surface area contributed by atoms with E-state index in [4.69, 9.17) is 18.9 Å². The predicted molar refractivity (Wildman–Crippen MR) is 111 cm³/mol. The second-order valence-electron chi connectivity index (χ2n) is 6.03. The molecule has 2 aliphatic heterocycles. The molecule has 0 unspecified atom stereocenters. The molecular weight excluding hydrogens is 511 g/mol. The molecule has 0 N–H and O–H groups in total. The van der Waals surface area contributed by atoms with Crippen molar-refractivity contribution in [1.82, 2.24) is 0 Å². The van der Waals surface area contributed by atoms with E-state index in [1.54, 1.807) is 36.4 Å². The van der Waals surface area contributed by atoms with Gasteiger partial charge < -0.3 is 38.7 Å². The molecule has 4 rings (SSSR count). The van der Waals surface area contributed by atoms with E-state index >= 15 is 0 Å². The number of carboxylic acid groups (broad SMARTS) is 2. The fourth-order valence-corrected chi connectivity index (χ4v) is 2.36. The zero-order valence-corrected chi connectivity index (χ0v) is 19.8. The third-order valence-corrected chi connectivity index (χ3v) is 3.62. The van der Waals surface area contributed by atoms with Crippen LogP contribution in [-0.2, 0) is 9.59 Å². The summed E-state index contributed by atoms with van der Waals surface area (Å²) in [5.74, 6) is 0.174. The second-order valence-corrected chi connectivity index (χ2v) is 8.88. The first kappa shape index (κ1) is 24.1. The summed E-state index contributed by atoms with van der Waals surface area (Å²) in [7, 11) is 0. The van der Waals surface area contributed by atoms with Crippen LogP contribution in [0.2, 0.25) is 9.88 Å². The molecule has 0 radical (unpaired) electrons. The molecule has 2 aromatic rings. The minimum atomic E-state index is -1.22. The van der Waals surface area contributed by atoms with Crippen molar-refractivity contribution in [2.45, 2.75) is 9.88 Å². The molecule has 2 aromatic carbocycles. The van der Waals surface area contributed by atoms with Crippen molar-refractivity contribution in [3.05, 3.63) is 59.7 Å². The molecule has 2 heterocycles. The Bertz CT molecular complexity index is 890. The molecule has 0 aliphatic carbocycles. The molecule has 0 bridgehead atoms. The minimum absolute atomic E-state index is 0.211. The van der Waals surface area contributed by atoms with Crippen molar-refractivity contribution in [2.24, 2.45) is 0 Å². The fraction of sp³-hybridized carbons (Fsp3) is 0.182. The Hall–Kier alpha value is -3.14. The number of carbonyl (C=O) groups is 2. The standard InChI is InChI=1S/2C10H8O4.2CH3.Sn/c2*11-10(12)4-2-7-1-3-8-9(5-7)14-6-13-8;;;/h2*1-5H,6H2,(H,11,12);2*1H3;/q;;;;+2/p-2/b2*4-2+;;;. The van der Waals surface area contributed by atoms with Gasteiger partial charge in [0.05, 0.1) is 11.9 Å². The average Bonchev–Trinajstić information content (AvgIpc) is 3.40. The molecule has 0 saturated carbocycles. The van der Waals surface area contributed by atoms with Gasteiger partial charge in [0.25, 0.3) is 0 Å². The van der Waals surface area contributed by atoms with Gasteiger partial charge >= 0.3 is 31.0 Å². The number of ether oxygens (including phenoxy) is 4. The molecule has 0 spiro atoms. The number of benzene rings is 2. The first-order valence-corrected chi connectivity index (χ1v) is 14.8. The van der Waals surface area contributed by atoms with Crippen LogP contribution in [0.25, 0.3) is 12.2 Å². The summed E-state index contributed by atoms with van der Waals surface area (Å²) >= 11 is 0.230. The van der Waals surface area contributed by atoms with Gasteiger partial charge in [-0.2, -0.15) is 0 Å². The van der Waals surface area contributed by atoms with Gasteiger partial charge in [0.2, 0.25) is 13.6 Å². The van der Waals surface area contributed by atoms with Gasteiger partial charge in [-0.05, 0) is 47.5 Å². The SMILES string of the molecule is O=C([O-])/C=C/c1ccc2c(c1)OCO2.O=C([O-])/C=C/c1ccc2c(c1)OCO2.[CH3][Sn+2][CH3]. The molecular formula is C22H20O8Sn. The molecule has 31 heavy (non-hydrogen) atoms. The van der Waals surface area contributed by atoms with Crippen molar-refractivity contribution < 1.29 is 38.7 Å². The molecule has 160 valence electrons. The summed E-state index contributed by atoms with van der Waals surface area (Å²) in [5, 5.41) is 20.3. The third-order valence-electron chi connectivity index (χ3n) is 3.62. The van der Waals surface area contributed by atoms with Crippen molar-refractivity contribution in [3.8, 4) is 23.0 Å². The number of carboxylic acids is 2. The Morgan fingerprint density at radius 2 is 1.10 bits per heavy atom. The zero-order valence-electron chi connectivity index (χ0n) is 17.0. The predicted octanol–water partition coefficient (Wildman–Crippen LogP) is 1.14. The number of hydrogen-bond acceptors (Lipinski definition) is 8. The third kappa shape index (κ3) is 8.25. The van der Waals surface area contributed by atoms with E-state index in [-0.39, 0.29) is 34.7 Å². The van der Waals surface area contributed by atoms with E-state index in [1.165, 1.54) is 12.2 Å². The van der Waals surface area contributed by atoms with Crippen LogP contribution in [0.3, 0.4) is 0 Å². The summed E-state index contributed by atoms with van der Waals surface area (Å²) in [4.78, 5) is 24.9. The Kier molecular flexibility index (Phi) is 9.75. The molecule has 0 amide bonds. The van der Waals surface area contributed by atoms with Gasteiger partial charge in [-0.15, -0.1) is 0 Å². The quantitative estimate of drug-likeness (QED) is 0.426. The fourth-order valence-electron chi connectivity index (χ4n) is 2.36. The van der Waals surface area contributed by atoms with E-state index in [2.05, 4.69) is 9.88 Å². The monoisotopic (exact) mass is 532 g/mol. The van der Waals surface area contributed by atoms with Crippen LogP contribution in [0, 0.1) is 0 Å². The van der Waals surface area contributed by atoms with E-state index in [0.717, 1.165) is 23.3 Å². The van der Waals surface area contributed by atoms with Crippen LogP contribution in [0.4, 0.5) is 0 Å². The number of hydrogen-bond donors (Lipinski definition) is 0. The molecule has 0 atom stereocenters. The van der Waals surface area contributed by atoms with Crippen molar-refractivity contribution in [1.29, 1.82) is 0 Å². The molecule has 9 heteroatoms. The zero-order chi connectivity index (χ0) is 22.6. The van der Waals surface area contributed by atoms with Crippen LogP contribution in [-0.4, -0.2) is 46.7 Å². The summed E-state index contributed by atoms with van der Waals surface area (Å²) in [6.45, 7) is 0.423. The molecule has 2 aliphatic rings. The Morgan fingerprint density at radius 3 is 1.45 bits per heavy atom. The maximum absolute atomic E-state index is 10.2. The first-order chi connectivity index (χ1) is 14.9. The van der Waals surface area contributed by atoms with Crippen molar-refractivity contribution in [2.75, 3.05) is 13.6 Å². The summed E-state index contributed by atoms with van der Waals surface area (Å²) in [5.41, 5.74) is 1.47. The maximum atomic E-state index is 10.2. The number of fused-ring (bicyclic) bond motifs is 2. The Morgan fingerprint density at radius 1 is 0.742 bits per heavy atom.